The molecule has 0 aliphatic rings. The van der Waals surface area contributed by atoms with Crippen LogP contribution in [0.5, 0.6) is 0 Å². The number of pyridine rings is 1. The number of aromatic nitrogens is 3. The Morgan fingerprint density at radius 2 is 1.79 bits per heavy atom. The predicted octanol–water partition coefficient (Wildman–Crippen LogP) is 3.30. The Bertz CT molecular complexity index is 1350. The first kappa shape index (κ1) is 21.7. The molecular formula is C24H20N4O5. The number of benzene rings is 2. The van der Waals surface area contributed by atoms with Gasteiger partial charge in [-0.15, -0.1) is 0 Å². The Hall–Kier alpha value is -4.53. The summed E-state index contributed by atoms with van der Waals surface area (Å²) in [7, 11) is 1.29. The van der Waals surface area contributed by atoms with Crippen LogP contribution in [0.3, 0.4) is 0 Å². The standard InChI is InChI=1S/C24H20N4O5/c1-15-5-7-16(8-6-15)21-26-22(33-27-21)19-4-3-13-28(23(19)30)14-20(29)25-18-11-9-17(10-12-18)24(31)32-2/h3-13H,14H2,1-2H3,(H,25,29). The lowest BCUT2D eigenvalue weighted by molar-refractivity contribution is -0.116. The number of carbonyl (C=O) groups excluding carboxylic acids is 2. The highest BCUT2D eigenvalue weighted by Crippen LogP contribution is 2.20. The summed E-state index contributed by atoms with van der Waals surface area (Å²) in [6.07, 6.45) is 1.50. The number of ether oxygens (including phenoxy) is 1. The number of aryl methyl sites for hydroxylation is 1. The van der Waals surface area contributed by atoms with Crippen molar-refractivity contribution in [3.63, 3.8) is 0 Å². The average Bonchev–Trinajstić information content (AvgIpc) is 3.31. The van der Waals surface area contributed by atoms with Gasteiger partial charge in [0.2, 0.25) is 11.7 Å². The molecule has 0 saturated heterocycles. The lowest BCUT2D eigenvalue weighted by Crippen LogP contribution is -2.28. The van der Waals surface area contributed by atoms with Crippen molar-refractivity contribution in [3.05, 3.63) is 88.3 Å². The van der Waals surface area contributed by atoms with Gasteiger partial charge in [-0.25, -0.2) is 4.79 Å². The molecule has 0 unspecified atom stereocenters. The number of esters is 1. The number of rotatable bonds is 6. The van der Waals surface area contributed by atoms with Crippen LogP contribution in [0.15, 0.2) is 76.2 Å². The van der Waals surface area contributed by atoms with Crippen molar-refractivity contribution in [1.29, 1.82) is 0 Å². The first-order valence-electron chi connectivity index (χ1n) is 10.0. The van der Waals surface area contributed by atoms with Gasteiger partial charge in [0.15, 0.2) is 0 Å². The summed E-state index contributed by atoms with van der Waals surface area (Å²) in [5.41, 5.74) is 2.47. The zero-order valence-electron chi connectivity index (χ0n) is 17.9. The van der Waals surface area contributed by atoms with Crippen molar-refractivity contribution < 1.29 is 18.8 Å². The number of nitrogens with zero attached hydrogens (tertiary/aromatic N) is 3. The molecule has 0 spiro atoms. The van der Waals surface area contributed by atoms with Crippen LogP contribution in [0.1, 0.15) is 15.9 Å². The van der Waals surface area contributed by atoms with Crippen LogP contribution < -0.4 is 10.9 Å². The third-order valence-corrected chi connectivity index (χ3v) is 4.89. The monoisotopic (exact) mass is 444 g/mol. The molecule has 1 N–H and O–H groups in total. The third kappa shape index (κ3) is 4.87. The first-order chi connectivity index (χ1) is 15.9. The highest BCUT2D eigenvalue weighted by atomic mass is 16.5. The van der Waals surface area contributed by atoms with Crippen LogP contribution in [0.25, 0.3) is 22.8 Å². The Balaban J connectivity index is 1.49. The molecule has 0 aliphatic heterocycles. The van der Waals surface area contributed by atoms with Gasteiger partial charge in [-0.2, -0.15) is 4.98 Å². The second-order valence-electron chi connectivity index (χ2n) is 7.26. The molecule has 9 nitrogen and oxygen atoms in total. The van der Waals surface area contributed by atoms with Gasteiger partial charge in [0.25, 0.3) is 11.4 Å². The summed E-state index contributed by atoms with van der Waals surface area (Å²) in [6, 6.07) is 17.0. The molecule has 9 heteroatoms. The summed E-state index contributed by atoms with van der Waals surface area (Å²) in [4.78, 5) is 41.2. The molecule has 2 aromatic heterocycles. The van der Waals surface area contributed by atoms with Crippen LogP contribution in [0.4, 0.5) is 5.69 Å². The zero-order chi connectivity index (χ0) is 23.4. The van der Waals surface area contributed by atoms with E-state index in [-0.39, 0.29) is 18.0 Å². The number of carbonyl (C=O) groups is 2. The van der Waals surface area contributed by atoms with E-state index in [1.807, 2.05) is 31.2 Å². The predicted molar refractivity (Wildman–Crippen MR) is 121 cm³/mol. The molecule has 166 valence electrons. The van der Waals surface area contributed by atoms with Crippen molar-refractivity contribution in [2.24, 2.45) is 0 Å². The molecule has 0 aliphatic carbocycles. The molecule has 0 radical (unpaired) electrons. The quantitative estimate of drug-likeness (QED) is 0.454. The SMILES string of the molecule is COC(=O)c1ccc(NC(=O)Cn2cccc(-c3nc(-c4ccc(C)cc4)no3)c2=O)cc1. The number of anilines is 1. The van der Waals surface area contributed by atoms with Crippen molar-refractivity contribution in [3.8, 4) is 22.8 Å². The Morgan fingerprint density at radius 1 is 1.06 bits per heavy atom. The van der Waals surface area contributed by atoms with Crippen molar-refractivity contribution in [2.75, 3.05) is 12.4 Å². The maximum Gasteiger partial charge on any atom is 0.337 e. The summed E-state index contributed by atoms with van der Waals surface area (Å²) in [5.74, 6) is -0.439. The topological polar surface area (TPSA) is 116 Å². The van der Waals surface area contributed by atoms with E-state index < -0.39 is 17.4 Å². The van der Waals surface area contributed by atoms with E-state index in [4.69, 9.17) is 4.52 Å². The third-order valence-electron chi connectivity index (χ3n) is 4.89. The van der Waals surface area contributed by atoms with Gasteiger partial charge in [0, 0.05) is 17.4 Å². The molecule has 0 atom stereocenters. The fraction of sp³-hybridized carbons (Fsp3) is 0.125. The molecule has 2 aromatic carbocycles. The maximum atomic E-state index is 12.9. The molecule has 0 saturated carbocycles. The Kier molecular flexibility index (Phi) is 6.12. The van der Waals surface area contributed by atoms with E-state index in [1.54, 1.807) is 24.3 Å². The Labute approximate surface area is 188 Å². The Morgan fingerprint density at radius 3 is 2.48 bits per heavy atom. The summed E-state index contributed by atoms with van der Waals surface area (Å²) < 4.78 is 11.2. The van der Waals surface area contributed by atoms with Crippen molar-refractivity contribution in [2.45, 2.75) is 13.5 Å². The van der Waals surface area contributed by atoms with Gasteiger partial charge >= 0.3 is 5.97 Å². The fourth-order valence-electron chi connectivity index (χ4n) is 3.14. The molecule has 0 bridgehead atoms. The minimum absolute atomic E-state index is 0.0729. The molecule has 33 heavy (non-hydrogen) atoms. The summed E-state index contributed by atoms with van der Waals surface area (Å²) in [5, 5.41) is 6.65. The van der Waals surface area contributed by atoms with Crippen LogP contribution >= 0.6 is 0 Å². The van der Waals surface area contributed by atoms with E-state index in [9.17, 15) is 14.4 Å². The number of hydrogen-bond acceptors (Lipinski definition) is 7. The van der Waals surface area contributed by atoms with E-state index in [1.165, 1.54) is 30.0 Å². The van der Waals surface area contributed by atoms with Gasteiger partial charge in [0.1, 0.15) is 12.1 Å². The molecule has 1 amide bonds. The van der Waals surface area contributed by atoms with E-state index in [0.29, 0.717) is 17.1 Å². The molecule has 0 fully saturated rings. The van der Waals surface area contributed by atoms with Crippen molar-refractivity contribution in [1.82, 2.24) is 14.7 Å². The van der Waals surface area contributed by atoms with Gasteiger partial charge in [-0.3, -0.25) is 9.59 Å². The fourth-order valence-corrected chi connectivity index (χ4v) is 3.14. The van der Waals surface area contributed by atoms with Crippen LogP contribution in [0, 0.1) is 6.92 Å². The van der Waals surface area contributed by atoms with E-state index >= 15 is 0 Å². The normalized spacial score (nSPS) is 10.6. The van der Waals surface area contributed by atoms with Gasteiger partial charge in [-0.05, 0) is 43.3 Å². The van der Waals surface area contributed by atoms with Crippen molar-refractivity contribution >= 4 is 17.6 Å². The second-order valence-corrected chi connectivity index (χ2v) is 7.26. The lowest BCUT2D eigenvalue weighted by atomic mass is 10.1. The van der Waals surface area contributed by atoms with Crippen LogP contribution in [0.2, 0.25) is 0 Å². The second kappa shape index (κ2) is 9.31. The zero-order valence-corrected chi connectivity index (χ0v) is 17.9. The van der Waals surface area contributed by atoms with Gasteiger partial charge in [-0.1, -0.05) is 35.0 Å². The number of methoxy groups -OCH3 is 1. The number of hydrogen-bond donors (Lipinski definition) is 1. The first-order valence-corrected chi connectivity index (χ1v) is 10.0. The number of nitrogens with one attached hydrogen (secondary N) is 1. The minimum Gasteiger partial charge on any atom is -0.465 e. The highest BCUT2D eigenvalue weighted by molar-refractivity contribution is 5.93. The van der Waals surface area contributed by atoms with Gasteiger partial charge in [0.05, 0.1) is 12.7 Å². The molecular weight excluding hydrogens is 424 g/mol. The van der Waals surface area contributed by atoms with Crippen LogP contribution in [-0.4, -0.2) is 33.7 Å². The van der Waals surface area contributed by atoms with Crippen LogP contribution in [-0.2, 0) is 16.1 Å². The average molecular weight is 444 g/mol. The van der Waals surface area contributed by atoms with Gasteiger partial charge < -0.3 is 19.1 Å². The van der Waals surface area contributed by atoms with E-state index in [2.05, 4.69) is 20.2 Å². The minimum atomic E-state index is -0.470. The highest BCUT2D eigenvalue weighted by Gasteiger charge is 2.16. The van der Waals surface area contributed by atoms with E-state index in [0.717, 1.165) is 11.1 Å². The largest absolute Gasteiger partial charge is 0.465 e. The number of amides is 1. The maximum absolute atomic E-state index is 12.9. The molecule has 4 rings (SSSR count). The molecule has 2 heterocycles. The lowest BCUT2D eigenvalue weighted by Gasteiger charge is -2.08. The summed E-state index contributed by atoms with van der Waals surface area (Å²) >= 11 is 0. The summed E-state index contributed by atoms with van der Waals surface area (Å²) in [6.45, 7) is 1.76. The molecule has 4 aromatic rings. The smallest absolute Gasteiger partial charge is 0.337 e.